The second-order valence-corrected chi connectivity index (χ2v) is 3.04. The Hall–Kier alpha value is -0.680. The van der Waals surface area contributed by atoms with Gasteiger partial charge in [0.25, 0.3) is 0 Å². The third kappa shape index (κ3) is 2.13. The summed E-state index contributed by atoms with van der Waals surface area (Å²) < 4.78 is 0. The Balaban J connectivity index is 2.66. The van der Waals surface area contributed by atoms with E-state index in [1.807, 2.05) is 0 Å². The molecule has 1 unspecified atom stereocenters. The Morgan fingerprint density at radius 3 is 3.09 bits per heavy atom. The summed E-state index contributed by atoms with van der Waals surface area (Å²) in [4.78, 5) is 3.28. The number of thiol groups is 1. The molecule has 0 saturated heterocycles. The zero-order chi connectivity index (χ0) is 8.32. The van der Waals surface area contributed by atoms with Gasteiger partial charge in [-0.25, -0.2) is 4.99 Å². The van der Waals surface area contributed by atoms with Gasteiger partial charge in [0, 0.05) is 19.2 Å². The van der Waals surface area contributed by atoms with Crippen molar-refractivity contribution in [2.24, 2.45) is 10.7 Å². The third-order valence-electron chi connectivity index (χ3n) is 1.34. The summed E-state index contributed by atoms with van der Waals surface area (Å²) in [5.41, 5.74) is 5.43. The first-order valence-electron chi connectivity index (χ1n) is 3.29. The number of hydrogen-bond acceptors (Lipinski definition) is 5. The fourth-order valence-electron chi connectivity index (χ4n) is 0.828. The van der Waals surface area contributed by atoms with Crippen LogP contribution in [0.4, 0.5) is 0 Å². The van der Waals surface area contributed by atoms with Gasteiger partial charge in [0.2, 0.25) is 0 Å². The van der Waals surface area contributed by atoms with Crippen LogP contribution in [0.5, 0.6) is 0 Å². The summed E-state index contributed by atoms with van der Waals surface area (Å²) in [6.07, 6.45) is 3.75. The maximum atomic E-state index is 8.65. The number of nitrogens with one attached hydrogen (secondary N) is 1. The molecule has 0 radical (unpaired) electrons. The number of aliphatic hydroxyl groups excluding tert-OH is 1. The molecule has 1 aliphatic heterocycles. The summed E-state index contributed by atoms with van der Waals surface area (Å²) in [5.74, 6) is 0.423. The molecule has 11 heavy (non-hydrogen) atoms. The zero-order valence-corrected chi connectivity index (χ0v) is 6.88. The molecule has 5 heteroatoms. The van der Waals surface area contributed by atoms with Gasteiger partial charge in [0.1, 0.15) is 5.84 Å². The molecule has 0 bridgehead atoms. The van der Waals surface area contributed by atoms with E-state index >= 15 is 0 Å². The molecular weight excluding hydrogens is 162 g/mol. The van der Waals surface area contributed by atoms with Crippen molar-refractivity contribution in [2.75, 3.05) is 6.61 Å². The highest BCUT2D eigenvalue weighted by atomic mass is 32.1. The highest BCUT2D eigenvalue weighted by Gasteiger charge is 2.23. The molecule has 0 aromatic rings. The lowest BCUT2D eigenvalue weighted by Crippen LogP contribution is -2.40. The summed E-state index contributed by atoms with van der Waals surface area (Å²) >= 11 is 4.20. The van der Waals surface area contributed by atoms with Crippen LogP contribution in [0.1, 0.15) is 6.42 Å². The molecule has 0 aliphatic carbocycles. The van der Waals surface area contributed by atoms with E-state index in [4.69, 9.17) is 10.8 Å². The van der Waals surface area contributed by atoms with Crippen molar-refractivity contribution in [2.45, 2.75) is 11.4 Å². The van der Waals surface area contributed by atoms with Crippen molar-refractivity contribution in [3.8, 4) is 0 Å². The van der Waals surface area contributed by atoms with Gasteiger partial charge in [-0.2, -0.15) is 0 Å². The molecule has 1 rings (SSSR count). The van der Waals surface area contributed by atoms with Gasteiger partial charge in [-0.15, -0.1) is 12.6 Å². The van der Waals surface area contributed by atoms with Gasteiger partial charge in [-0.1, -0.05) is 0 Å². The molecule has 4 nitrogen and oxygen atoms in total. The highest BCUT2D eigenvalue weighted by Crippen LogP contribution is 2.18. The number of nitrogens with zero attached hydrogens (tertiary/aromatic N) is 1. The van der Waals surface area contributed by atoms with Gasteiger partial charge in [-0.3, -0.25) is 0 Å². The second-order valence-electron chi connectivity index (χ2n) is 2.30. The van der Waals surface area contributed by atoms with E-state index in [2.05, 4.69) is 22.9 Å². The Bertz CT molecular complexity index is 204. The molecule has 0 saturated carbocycles. The van der Waals surface area contributed by atoms with Crippen LogP contribution in [0.15, 0.2) is 17.3 Å². The maximum absolute atomic E-state index is 8.65. The van der Waals surface area contributed by atoms with Gasteiger partial charge < -0.3 is 16.2 Å². The third-order valence-corrected chi connectivity index (χ3v) is 1.80. The Labute approximate surface area is 70.6 Å². The van der Waals surface area contributed by atoms with Crippen LogP contribution >= 0.6 is 12.6 Å². The van der Waals surface area contributed by atoms with Crippen molar-refractivity contribution in [3.05, 3.63) is 12.3 Å². The minimum absolute atomic E-state index is 0.0289. The summed E-state index contributed by atoms with van der Waals surface area (Å²) in [6.45, 7) is 0.0289. The smallest absolute Gasteiger partial charge is 0.178 e. The van der Waals surface area contributed by atoms with Crippen molar-refractivity contribution >= 4 is 18.5 Å². The second kappa shape index (κ2) is 3.15. The molecule has 4 N–H and O–H groups in total. The van der Waals surface area contributed by atoms with E-state index in [9.17, 15) is 0 Å². The topological polar surface area (TPSA) is 70.6 Å². The van der Waals surface area contributed by atoms with E-state index in [0.29, 0.717) is 12.3 Å². The van der Waals surface area contributed by atoms with Crippen molar-refractivity contribution in [3.63, 3.8) is 0 Å². The van der Waals surface area contributed by atoms with Crippen molar-refractivity contribution in [1.82, 2.24) is 5.32 Å². The number of aliphatic hydroxyl groups is 1. The van der Waals surface area contributed by atoms with E-state index in [-0.39, 0.29) is 6.61 Å². The van der Waals surface area contributed by atoms with Crippen molar-refractivity contribution in [1.29, 1.82) is 0 Å². The average molecular weight is 173 g/mol. The van der Waals surface area contributed by atoms with Crippen LogP contribution < -0.4 is 11.1 Å². The fourth-order valence-corrected chi connectivity index (χ4v) is 1.12. The van der Waals surface area contributed by atoms with E-state index in [1.165, 1.54) is 0 Å². The predicted molar refractivity (Wildman–Crippen MR) is 47.3 cm³/mol. The average Bonchev–Trinajstić information content (AvgIpc) is 1.86. The van der Waals surface area contributed by atoms with Crippen LogP contribution in [-0.4, -0.2) is 22.5 Å². The molecule has 1 atom stereocenters. The van der Waals surface area contributed by atoms with Crippen LogP contribution in [0.2, 0.25) is 0 Å². The number of hydrogen-bond donors (Lipinski definition) is 4. The Morgan fingerprint density at radius 1 is 1.82 bits per heavy atom. The Kier molecular flexibility index (Phi) is 2.41. The van der Waals surface area contributed by atoms with Crippen molar-refractivity contribution < 1.29 is 5.11 Å². The molecule has 1 heterocycles. The van der Waals surface area contributed by atoms with Gasteiger partial charge >= 0.3 is 0 Å². The summed E-state index contributed by atoms with van der Waals surface area (Å²) in [6, 6.07) is 0. The predicted octanol–water partition coefficient (Wildman–Crippen LogP) is -0.574. The molecule has 62 valence electrons. The molecule has 0 spiro atoms. The molecule has 0 aromatic heterocycles. The fraction of sp³-hybridized carbons (Fsp3) is 0.500. The first-order chi connectivity index (χ1) is 5.16. The lowest BCUT2D eigenvalue weighted by molar-refractivity contribution is 0.263. The first kappa shape index (κ1) is 8.42. The quantitative estimate of drug-likeness (QED) is 0.422. The number of aliphatic imine (C=N–C) groups is 1. The minimum Gasteiger partial charge on any atom is -0.396 e. The standard InChI is InChI=1S/C6H11N3OS/c7-5-1-3-8-6(11,9-5)2-4-10/h1,3,8,10-11H,2,4H2,(H2,7,9). The largest absolute Gasteiger partial charge is 0.396 e. The highest BCUT2D eigenvalue weighted by molar-refractivity contribution is 7.81. The van der Waals surface area contributed by atoms with Crippen LogP contribution in [0, 0.1) is 0 Å². The van der Waals surface area contributed by atoms with Gasteiger partial charge in [0.05, 0.1) is 0 Å². The monoisotopic (exact) mass is 173 g/mol. The number of amidine groups is 1. The van der Waals surface area contributed by atoms with E-state index in [1.54, 1.807) is 12.3 Å². The zero-order valence-electron chi connectivity index (χ0n) is 5.99. The molecule has 0 fully saturated rings. The van der Waals surface area contributed by atoms with E-state index < -0.39 is 4.99 Å². The van der Waals surface area contributed by atoms with E-state index in [0.717, 1.165) is 0 Å². The molecular formula is C6H11N3OS. The molecule has 0 amide bonds. The first-order valence-corrected chi connectivity index (χ1v) is 3.74. The SMILES string of the molecule is NC1=NC(S)(CCO)NC=C1. The minimum atomic E-state index is -0.729. The molecule has 1 aliphatic rings. The number of nitrogens with two attached hydrogens (primary N) is 1. The summed E-state index contributed by atoms with van der Waals surface area (Å²) in [5, 5.41) is 11.5. The van der Waals surface area contributed by atoms with Crippen LogP contribution in [-0.2, 0) is 0 Å². The normalized spacial score (nSPS) is 29.5. The maximum Gasteiger partial charge on any atom is 0.178 e. The van der Waals surface area contributed by atoms with Gasteiger partial charge in [-0.05, 0) is 6.08 Å². The molecule has 0 aromatic carbocycles. The van der Waals surface area contributed by atoms with Crippen LogP contribution in [0.3, 0.4) is 0 Å². The van der Waals surface area contributed by atoms with Crippen LogP contribution in [0.25, 0.3) is 0 Å². The lowest BCUT2D eigenvalue weighted by atomic mass is 10.3. The number of rotatable bonds is 2. The lowest BCUT2D eigenvalue weighted by Gasteiger charge is -2.26. The summed E-state index contributed by atoms with van der Waals surface area (Å²) in [7, 11) is 0. The van der Waals surface area contributed by atoms with Gasteiger partial charge in [0.15, 0.2) is 4.99 Å². The Morgan fingerprint density at radius 2 is 2.55 bits per heavy atom.